The highest BCUT2D eigenvalue weighted by Crippen LogP contribution is 2.26. The third-order valence-corrected chi connectivity index (χ3v) is 3.66. The zero-order valence-corrected chi connectivity index (χ0v) is 13.4. The molecular weight excluding hydrogens is 322 g/mol. The molecule has 3 aromatic carbocycles. The van der Waals surface area contributed by atoms with Gasteiger partial charge in [0.1, 0.15) is 5.75 Å². The minimum absolute atomic E-state index is 0.0880. The molecule has 0 heterocycles. The van der Waals surface area contributed by atoms with Crippen molar-refractivity contribution in [2.45, 2.75) is 0 Å². The number of phenols is 1. The van der Waals surface area contributed by atoms with Crippen molar-refractivity contribution in [1.29, 1.82) is 0 Å². The van der Waals surface area contributed by atoms with E-state index >= 15 is 0 Å². The lowest BCUT2D eigenvalue weighted by Gasteiger charge is -2.13. The molecule has 0 aliphatic rings. The highest BCUT2D eigenvalue weighted by molar-refractivity contribution is 7.80. The molecule has 0 aliphatic carbocycles. The van der Waals surface area contributed by atoms with Crippen molar-refractivity contribution in [3.63, 3.8) is 0 Å². The first-order valence-electron chi connectivity index (χ1n) is 7.28. The van der Waals surface area contributed by atoms with Gasteiger partial charge in [0.2, 0.25) is 0 Å². The van der Waals surface area contributed by atoms with Gasteiger partial charge in [-0.25, -0.2) is 0 Å². The molecule has 0 aliphatic heterocycles. The molecule has 6 heteroatoms. The number of nitrogens with one attached hydrogen (secondary N) is 3. The number of hydrogen-bond acceptors (Lipinski definition) is 3. The molecule has 0 unspecified atom stereocenters. The Labute approximate surface area is 144 Å². The van der Waals surface area contributed by atoms with Crippen molar-refractivity contribution in [2.24, 2.45) is 0 Å². The molecule has 0 saturated carbocycles. The summed E-state index contributed by atoms with van der Waals surface area (Å²) in [7, 11) is 0. The average Bonchev–Trinajstić information content (AvgIpc) is 2.60. The van der Waals surface area contributed by atoms with Crippen LogP contribution in [0.25, 0.3) is 10.8 Å². The Morgan fingerprint density at radius 3 is 2.38 bits per heavy atom. The van der Waals surface area contributed by atoms with Gasteiger partial charge in [0, 0.05) is 5.69 Å². The van der Waals surface area contributed by atoms with Crippen molar-refractivity contribution in [2.75, 3.05) is 5.32 Å². The Morgan fingerprint density at radius 1 is 0.875 bits per heavy atom. The zero-order chi connectivity index (χ0) is 16.9. The first kappa shape index (κ1) is 15.8. The number of amides is 1. The Bertz CT molecular complexity index is 897. The molecule has 0 radical (unpaired) electrons. The predicted molar refractivity (Wildman–Crippen MR) is 98.9 cm³/mol. The van der Waals surface area contributed by atoms with Crippen LogP contribution in [0.3, 0.4) is 0 Å². The summed E-state index contributed by atoms with van der Waals surface area (Å²) < 4.78 is 0. The lowest BCUT2D eigenvalue weighted by atomic mass is 10.0. The quantitative estimate of drug-likeness (QED) is 0.427. The van der Waals surface area contributed by atoms with E-state index in [9.17, 15) is 9.90 Å². The number of anilines is 1. The van der Waals surface area contributed by atoms with Crippen LogP contribution in [0.1, 0.15) is 10.4 Å². The molecule has 5 nitrogen and oxygen atoms in total. The maximum absolute atomic E-state index is 12.4. The molecule has 0 saturated heterocycles. The Morgan fingerprint density at radius 2 is 1.58 bits per heavy atom. The van der Waals surface area contributed by atoms with E-state index in [4.69, 9.17) is 12.2 Å². The molecule has 24 heavy (non-hydrogen) atoms. The summed E-state index contributed by atoms with van der Waals surface area (Å²) in [5.74, 6) is -0.559. The second-order valence-corrected chi connectivity index (χ2v) is 5.49. The summed E-state index contributed by atoms with van der Waals surface area (Å²) >= 11 is 5.13. The van der Waals surface area contributed by atoms with E-state index in [1.807, 2.05) is 48.5 Å². The number of hydrogen-bond donors (Lipinski definition) is 4. The van der Waals surface area contributed by atoms with E-state index in [0.717, 1.165) is 11.1 Å². The van der Waals surface area contributed by atoms with E-state index in [1.165, 1.54) is 6.07 Å². The summed E-state index contributed by atoms with van der Waals surface area (Å²) in [6, 6.07) is 20.0. The summed E-state index contributed by atoms with van der Waals surface area (Å²) in [5.41, 5.74) is 6.13. The smallest absolute Gasteiger partial charge is 0.274 e. The monoisotopic (exact) mass is 337 g/mol. The highest BCUT2D eigenvalue weighted by atomic mass is 32.1. The fourth-order valence-corrected chi connectivity index (χ4v) is 2.53. The van der Waals surface area contributed by atoms with Crippen LogP contribution in [0, 0.1) is 0 Å². The van der Waals surface area contributed by atoms with Gasteiger partial charge < -0.3 is 10.4 Å². The largest absolute Gasteiger partial charge is 0.507 e. The number of carbonyl (C=O) groups excluding carboxylic acids is 1. The summed E-state index contributed by atoms with van der Waals surface area (Å²) in [6.45, 7) is 0. The van der Waals surface area contributed by atoms with Gasteiger partial charge in [-0.15, -0.1) is 0 Å². The topological polar surface area (TPSA) is 73.4 Å². The van der Waals surface area contributed by atoms with Gasteiger partial charge in [-0.1, -0.05) is 48.5 Å². The van der Waals surface area contributed by atoms with Crippen LogP contribution < -0.4 is 16.2 Å². The van der Waals surface area contributed by atoms with E-state index in [1.54, 1.807) is 12.1 Å². The molecule has 0 aromatic heterocycles. The van der Waals surface area contributed by atoms with Gasteiger partial charge in [0.15, 0.2) is 5.11 Å². The summed E-state index contributed by atoms with van der Waals surface area (Å²) in [4.78, 5) is 12.4. The molecule has 0 bridgehead atoms. The van der Waals surface area contributed by atoms with Crippen molar-refractivity contribution >= 4 is 39.7 Å². The molecule has 0 spiro atoms. The lowest BCUT2D eigenvalue weighted by molar-refractivity contribution is 0.0943. The molecule has 3 aromatic rings. The fraction of sp³-hybridized carbons (Fsp3) is 0. The van der Waals surface area contributed by atoms with E-state index in [-0.39, 0.29) is 16.4 Å². The Balaban J connectivity index is 1.72. The number of rotatable bonds is 2. The molecule has 0 fully saturated rings. The minimum atomic E-state index is -0.471. The van der Waals surface area contributed by atoms with E-state index in [0.29, 0.717) is 5.39 Å². The maximum Gasteiger partial charge on any atom is 0.274 e. The average molecular weight is 337 g/mol. The van der Waals surface area contributed by atoms with Crippen LogP contribution in [0.4, 0.5) is 5.69 Å². The number of benzene rings is 3. The number of thiocarbonyl (C=S) groups is 1. The number of carbonyl (C=O) groups is 1. The lowest BCUT2D eigenvalue weighted by Crippen LogP contribution is -2.43. The molecule has 4 N–H and O–H groups in total. The maximum atomic E-state index is 12.4. The second kappa shape index (κ2) is 6.97. The van der Waals surface area contributed by atoms with Crippen LogP contribution >= 0.6 is 12.2 Å². The number of hydrazine groups is 1. The number of aromatic hydroxyl groups is 1. The van der Waals surface area contributed by atoms with Crippen molar-refractivity contribution < 1.29 is 9.90 Å². The van der Waals surface area contributed by atoms with Gasteiger partial charge in [-0.3, -0.25) is 15.6 Å². The van der Waals surface area contributed by atoms with E-state index in [2.05, 4.69) is 16.2 Å². The van der Waals surface area contributed by atoms with Gasteiger partial charge in [-0.05, 0) is 41.2 Å². The van der Waals surface area contributed by atoms with Gasteiger partial charge in [0.05, 0.1) is 5.56 Å². The number of phenolic OH excluding ortho intramolecular Hbond substituents is 1. The van der Waals surface area contributed by atoms with E-state index < -0.39 is 5.91 Å². The first-order valence-corrected chi connectivity index (χ1v) is 7.69. The van der Waals surface area contributed by atoms with Crippen LogP contribution in [0.5, 0.6) is 5.75 Å². The van der Waals surface area contributed by atoms with Crippen LogP contribution in [0.15, 0.2) is 66.7 Å². The van der Waals surface area contributed by atoms with Crippen molar-refractivity contribution in [3.05, 3.63) is 72.3 Å². The van der Waals surface area contributed by atoms with Crippen LogP contribution in [0.2, 0.25) is 0 Å². The zero-order valence-electron chi connectivity index (χ0n) is 12.6. The molecular formula is C18H15N3O2S. The summed E-state index contributed by atoms with van der Waals surface area (Å²) in [6.07, 6.45) is 0. The van der Waals surface area contributed by atoms with Gasteiger partial charge in [0.25, 0.3) is 5.91 Å². The number of para-hydroxylation sites is 1. The third-order valence-electron chi connectivity index (χ3n) is 3.46. The minimum Gasteiger partial charge on any atom is -0.507 e. The standard InChI is InChI=1S/C18H15N3O2S/c22-15-11-10-12-6-4-5-9-14(12)16(15)17(23)20-21-18(24)19-13-7-2-1-3-8-13/h1-11,22H,(H,20,23)(H2,19,21,24). The predicted octanol–water partition coefficient (Wildman–Crippen LogP) is 3.18. The Hall–Kier alpha value is -3.12. The van der Waals surface area contributed by atoms with Crippen molar-refractivity contribution in [1.82, 2.24) is 10.9 Å². The summed E-state index contributed by atoms with van der Waals surface area (Å²) in [5, 5.41) is 14.8. The SMILES string of the molecule is O=C(NNC(=S)Nc1ccccc1)c1c(O)ccc2ccccc12. The molecule has 120 valence electrons. The molecule has 0 atom stereocenters. The number of fused-ring (bicyclic) bond motifs is 1. The second-order valence-electron chi connectivity index (χ2n) is 5.08. The van der Waals surface area contributed by atoms with Gasteiger partial charge in [-0.2, -0.15) is 0 Å². The molecule has 1 amide bonds. The Kier molecular flexibility index (Phi) is 4.58. The fourth-order valence-electron chi connectivity index (χ4n) is 2.36. The van der Waals surface area contributed by atoms with Crippen LogP contribution in [-0.4, -0.2) is 16.1 Å². The third kappa shape index (κ3) is 3.44. The van der Waals surface area contributed by atoms with Gasteiger partial charge >= 0.3 is 0 Å². The highest BCUT2D eigenvalue weighted by Gasteiger charge is 2.15. The first-order chi connectivity index (χ1) is 11.6. The van der Waals surface area contributed by atoms with Crippen LogP contribution in [-0.2, 0) is 0 Å². The normalized spacial score (nSPS) is 10.2. The molecule has 3 rings (SSSR count). The van der Waals surface area contributed by atoms with Crippen molar-refractivity contribution in [3.8, 4) is 5.75 Å².